The Morgan fingerprint density at radius 1 is 0.952 bits per heavy atom. The fraction of sp³-hybridized carbons (Fsp3) is 0.333. The number of benzene rings is 1. The van der Waals surface area contributed by atoms with Crippen molar-refractivity contribution in [1.29, 1.82) is 0 Å². The molecule has 0 N–H and O–H groups in total. The highest BCUT2D eigenvalue weighted by Gasteiger charge is 2.55. The summed E-state index contributed by atoms with van der Waals surface area (Å²) in [5, 5.41) is 0. The Labute approximate surface area is 127 Å². The van der Waals surface area contributed by atoms with E-state index in [0.29, 0.717) is 0 Å². The first-order valence-electron chi connectivity index (χ1n) is 7.32. The van der Waals surface area contributed by atoms with E-state index < -0.39 is 0 Å². The summed E-state index contributed by atoms with van der Waals surface area (Å²) in [4.78, 5) is 0. The molecule has 3 rings (SSSR count). The van der Waals surface area contributed by atoms with Crippen molar-refractivity contribution >= 4 is 12.7 Å². The van der Waals surface area contributed by atoms with Crippen LogP contribution in [-0.4, -0.2) is 18.3 Å². The van der Waals surface area contributed by atoms with E-state index in [1.165, 1.54) is 0 Å². The molecule has 0 amide bonds. The van der Waals surface area contributed by atoms with Crippen molar-refractivity contribution in [2.75, 3.05) is 0 Å². The summed E-state index contributed by atoms with van der Waals surface area (Å²) in [7, 11) is -0.359. The minimum atomic E-state index is -0.359. The molecule has 2 aliphatic rings. The van der Waals surface area contributed by atoms with Gasteiger partial charge in [0.1, 0.15) is 6.08 Å². The van der Waals surface area contributed by atoms with Crippen molar-refractivity contribution in [2.24, 2.45) is 0 Å². The molecule has 0 saturated carbocycles. The van der Waals surface area contributed by atoms with Crippen LogP contribution < -0.4 is 0 Å². The summed E-state index contributed by atoms with van der Waals surface area (Å²) >= 11 is 0. The maximum atomic E-state index is 6.17. The second kappa shape index (κ2) is 4.96. The lowest BCUT2D eigenvalue weighted by Gasteiger charge is -2.32. The first kappa shape index (κ1) is 14.3. The van der Waals surface area contributed by atoms with Crippen molar-refractivity contribution in [2.45, 2.75) is 38.9 Å². The summed E-state index contributed by atoms with van der Waals surface area (Å²) in [6.07, 6.45) is 9.10. The average molecular weight is 279 g/mol. The molecule has 1 heterocycles. The van der Waals surface area contributed by atoms with E-state index in [0.717, 1.165) is 16.6 Å². The Morgan fingerprint density at radius 2 is 1.57 bits per heavy atom. The summed E-state index contributed by atoms with van der Waals surface area (Å²) in [6.45, 7) is 8.29. The maximum absolute atomic E-state index is 6.17. The Balaban J connectivity index is 2.02. The summed E-state index contributed by atoms with van der Waals surface area (Å²) in [5.74, 6) is 0. The fourth-order valence-electron chi connectivity index (χ4n) is 2.49. The molecule has 1 aliphatic heterocycles. The van der Waals surface area contributed by atoms with Gasteiger partial charge in [0.2, 0.25) is 0 Å². The number of rotatable bonds is 2. The van der Waals surface area contributed by atoms with Crippen molar-refractivity contribution in [1.82, 2.24) is 0 Å². The molecular weight excluding hydrogens is 259 g/mol. The molecule has 0 spiro atoms. The van der Waals surface area contributed by atoms with Crippen LogP contribution in [0.25, 0.3) is 5.57 Å². The van der Waals surface area contributed by atoms with Crippen LogP contribution in [0.3, 0.4) is 0 Å². The summed E-state index contributed by atoms with van der Waals surface area (Å²) < 4.78 is 12.3. The van der Waals surface area contributed by atoms with E-state index in [1.54, 1.807) is 0 Å². The van der Waals surface area contributed by atoms with Crippen LogP contribution in [-0.2, 0) is 9.31 Å². The van der Waals surface area contributed by atoms with E-state index in [4.69, 9.17) is 9.31 Å². The molecule has 0 aromatic heterocycles. The normalized spacial score (nSPS) is 22.6. The van der Waals surface area contributed by atoms with E-state index in [1.807, 2.05) is 30.4 Å². The molecular formula is C18H20BO2+. The van der Waals surface area contributed by atoms with Gasteiger partial charge in [-0.3, -0.25) is 0 Å². The van der Waals surface area contributed by atoms with Gasteiger partial charge in [-0.25, -0.2) is 0 Å². The van der Waals surface area contributed by atoms with Gasteiger partial charge in [0.15, 0.2) is 0 Å². The van der Waals surface area contributed by atoms with E-state index in [9.17, 15) is 0 Å². The average Bonchev–Trinajstić information content (AvgIpc) is 2.68. The first-order chi connectivity index (χ1) is 9.91. The van der Waals surface area contributed by atoms with Crippen LogP contribution in [0, 0.1) is 6.08 Å². The third-order valence-electron chi connectivity index (χ3n) is 4.49. The highest BCUT2D eigenvalue weighted by molar-refractivity contribution is 6.57. The van der Waals surface area contributed by atoms with Crippen LogP contribution in [0.4, 0.5) is 0 Å². The Morgan fingerprint density at radius 3 is 2.19 bits per heavy atom. The largest absolute Gasteiger partial charge is 0.576 e. The molecule has 0 atom stereocenters. The van der Waals surface area contributed by atoms with Gasteiger partial charge < -0.3 is 9.31 Å². The van der Waals surface area contributed by atoms with Gasteiger partial charge in [0, 0.05) is 11.6 Å². The molecule has 1 aromatic rings. The second-order valence-corrected chi connectivity index (χ2v) is 6.47. The van der Waals surface area contributed by atoms with Crippen LogP contribution in [0.1, 0.15) is 33.3 Å². The predicted octanol–water partition coefficient (Wildman–Crippen LogP) is 4.00. The lowest BCUT2D eigenvalue weighted by atomic mass is 9.72. The van der Waals surface area contributed by atoms with Gasteiger partial charge in [-0.15, -0.1) is 0 Å². The van der Waals surface area contributed by atoms with E-state index in [-0.39, 0.29) is 18.3 Å². The Bertz CT molecular complexity index is 608. The van der Waals surface area contributed by atoms with Crippen molar-refractivity contribution in [3.8, 4) is 0 Å². The zero-order valence-corrected chi connectivity index (χ0v) is 13.0. The highest BCUT2D eigenvalue weighted by Crippen LogP contribution is 2.40. The molecule has 1 aromatic carbocycles. The molecule has 0 unspecified atom stereocenters. The van der Waals surface area contributed by atoms with Crippen LogP contribution >= 0.6 is 0 Å². The predicted molar refractivity (Wildman–Crippen MR) is 86.4 cm³/mol. The topological polar surface area (TPSA) is 18.5 Å². The minimum Gasteiger partial charge on any atom is -0.387 e. The van der Waals surface area contributed by atoms with Gasteiger partial charge >= 0.3 is 7.12 Å². The van der Waals surface area contributed by atoms with Gasteiger partial charge in [0.05, 0.1) is 34.4 Å². The molecule has 3 heteroatoms. The summed E-state index contributed by atoms with van der Waals surface area (Å²) in [5.41, 5.74) is 2.66. The van der Waals surface area contributed by atoms with E-state index >= 15 is 0 Å². The quantitative estimate of drug-likeness (QED) is 0.601. The smallest absolute Gasteiger partial charge is 0.387 e. The maximum Gasteiger partial charge on any atom is 0.576 e. The molecule has 0 bridgehead atoms. The zero-order chi connectivity index (χ0) is 15.1. The lowest BCUT2D eigenvalue weighted by Crippen LogP contribution is -2.41. The molecule has 1 aliphatic carbocycles. The van der Waals surface area contributed by atoms with E-state index in [2.05, 4.69) is 52.0 Å². The minimum absolute atomic E-state index is 0.332. The van der Waals surface area contributed by atoms with Crippen LogP contribution in [0.5, 0.6) is 0 Å². The van der Waals surface area contributed by atoms with Crippen molar-refractivity contribution in [3.63, 3.8) is 0 Å². The molecule has 1 fully saturated rings. The van der Waals surface area contributed by atoms with Gasteiger partial charge in [0.25, 0.3) is 0 Å². The number of hydrogen-bond donors (Lipinski definition) is 0. The highest BCUT2D eigenvalue weighted by atomic mass is 16.7. The van der Waals surface area contributed by atoms with Gasteiger partial charge in [-0.05, 0) is 27.7 Å². The SMILES string of the molecule is CC1(C)OB(C2=C(c3ccccc3)C=C[C+]=C2)OC1(C)C. The zero-order valence-electron chi connectivity index (χ0n) is 13.0. The first-order valence-corrected chi connectivity index (χ1v) is 7.32. The van der Waals surface area contributed by atoms with Crippen LogP contribution in [0.15, 0.2) is 54.0 Å². The monoisotopic (exact) mass is 279 g/mol. The number of hydrogen-bond acceptors (Lipinski definition) is 2. The van der Waals surface area contributed by atoms with Gasteiger partial charge in [-0.2, -0.15) is 0 Å². The molecule has 1 saturated heterocycles. The molecule has 21 heavy (non-hydrogen) atoms. The molecule has 2 nitrogen and oxygen atoms in total. The third-order valence-corrected chi connectivity index (χ3v) is 4.49. The van der Waals surface area contributed by atoms with Gasteiger partial charge in [-0.1, -0.05) is 30.3 Å². The lowest BCUT2D eigenvalue weighted by molar-refractivity contribution is 0.00578. The third kappa shape index (κ3) is 2.49. The fourth-order valence-corrected chi connectivity index (χ4v) is 2.49. The Hall–Kier alpha value is -1.67. The molecule has 0 radical (unpaired) electrons. The Kier molecular flexibility index (Phi) is 3.37. The number of allylic oxidation sites excluding steroid dienone is 6. The summed E-state index contributed by atoms with van der Waals surface area (Å²) in [6, 6.07) is 10.3. The van der Waals surface area contributed by atoms with Crippen LogP contribution in [0.2, 0.25) is 0 Å². The van der Waals surface area contributed by atoms with Crippen molar-refractivity contribution < 1.29 is 9.31 Å². The second-order valence-electron chi connectivity index (χ2n) is 6.47. The molecule has 106 valence electrons. The van der Waals surface area contributed by atoms with Crippen molar-refractivity contribution in [3.05, 3.63) is 65.7 Å². The standard InChI is InChI=1S/C18H20BO2/c1-17(2)18(3,4)21-19(20-17)16-13-9-8-12-15(16)14-10-6-5-7-11-14/h5-8,10-13H,1-4H3/q+1.